The van der Waals surface area contributed by atoms with Crippen LogP contribution in [-0.4, -0.2) is 25.4 Å². The van der Waals surface area contributed by atoms with Crippen LogP contribution >= 0.6 is 0 Å². The predicted octanol–water partition coefficient (Wildman–Crippen LogP) is 2.53. The molecule has 0 amide bonds. The maximum atomic E-state index is 12.5. The van der Waals surface area contributed by atoms with Crippen molar-refractivity contribution in [3.05, 3.63) is 48.9 Å². The van der Waals surface area contributed by atoms with Crippen molar-refractivity contribution in [1.82, 2.24) is 19.5 Å². The molecule has 0 aliphatic carbocycles. The third-order valence-corrected chi connectivity index (χ3v) is 3.60. The molecule has 0 spiro atoms. The highest BCUT2D eigenvalue weighted by molar-refractivity contribution is 5.93. The molecule has 4 aromatic heterocycles. The number of nitrogens with zero attached hydrogens (tertiary/aromatic N) is 4. The highest BCUT2D eigenvalue weighted by Gasteiger charge is 2.18. The van der Waals surface area contributed by atoms with E-state index in [4.69, 9.17) is 14.6 Å². The number of fused-ring (bicyclic) bond motifs is 1. The molecule has 2 N–H and O–H groups in total. The van der Waals surface area contributed by atoms with E-state index in [0.717, 1.165) is 5.76 Å². The average Bonchev–Trinajstić information content (AvgIpc) is 3.31. The van der Waals surface area contributed by atoms with Crippen molar-refractivity contribution in [2.45, 2.75) is 12.8 Å². The normalized spacial score (nSPS) is 11.2. The quantitative estimate of drug-likeness (QED) is 0.614. The highest BCUT2D eigenvalue weighted by Crippen LogP contribution is 2.26. The summed E-state index contributed by atoms with van der Waals surface area (Å²) >= 11 is 0. The molecule has 8 nitrogen and oxygen atoms in total. The van der Waals surface area contributed by atoms with E-state index in [2.05, 4.69) is 15.0 Å². The highest BCUT2D eigenvalue weighted by atomic mass is 16.3. The molecule has 120 valence electrons. The Bertz CT molecular complexity index is 987. The lowest BCUT2D eigenvalue weighted by molar-refractivity contribution is 0.0905. The van der Waals surface area contributed by atoms with Gasteiger partial charge in [0.2, 0.25) is 11.9 Å². The molecular formula is C16H13N5O3. The summed E-state index contributed by atoms with van der Waals surface area (Å²) in [5, 5.41) is 0. The molecule has 0 fully saturated rings. The number of aromatic nitrogens is 4. The van der Waals surface area contributed by atoms with Crippen LogP contribution in [0, 0.1) is 0 Å². The van der Waals surface area contributed by atoms with Crippen molar-refractivity contribution in [1.29, 1.82) is 0 Å². The first-order chi connectivity index (χ1) is 11.7. The molecule has 24 heavy (non-hydrogen) atoms. The van der Waals surface area contributed by atoms with Gasteiger partial charge >= 0.3 is 0 Å². The summed E-state index contributed by atoms with van der Waals surface area (Å²) in [6, 6.07) is 7.11. The summed E-state index contributed by atoms with van der Waals surface area (Å²) in [4.78, 5) is 25.1. The van der Waals surface area contributed by atoms with E-state index in [1.807, 2.05) is 6.07 Å². The Hall–Kier alpha value is -3.42. The van der Waals surface area contributed by atoms with Crippen LogP contribution in [0.25, 0.3) is 22.6 Å². The van der Waals surface area contributed by atoms with Crippen LogP contribution in [0.2, 0.25) is 0 Å². The molecule has 0 aliphatic heterocycles. The number of hydrogen-bond acceptors (Lipinski definition) is 7. The fraction of sp³-hybridized carbons (Fsp3) is 0.125. The zero-order valence-electron chi connectivity index (χ0n) is 12.5. The fourth-order valence-corrected chi connectivity index (χ4v) is 2.49. The number of hydrogen-bond donors (Lipinski definition) is 1. The molecule has 0 aliphatic rings. The molecule has 0 radical (unpaired) electrons. The first-order valence-corrected chi connectivity index (χ1v) is 7.32. The maximum absolute atomic E-state index is 12.5. The summed E-state index contributed by atoms with van der Waals surface area (Å²) in [7, 11) is 0. The van der Waals surface area contributed by atoms with Gasteiger partial charge in [-0.05, 0) is 24.3 Å². The molecular weight excluding hydrogens is 310 g/mol. The Kier molecular flexibility index (Phi) is 3.34. The van der Waals surface area contributed by atoms with E-state index in [9.17, 15) is 4.79 Å². The minimum Gasteiger partial charge on any atom is -0.469 e. The third-order valence-electron chi connectivity index (χ3n) is 3.60. The lowest BCUT2D eigenvalue weighted by Gasteiger charge is -2.03. The van der Waals surface area contributed by atoms with E-state index >= 15 is 0 Å². The van der Waals surface area contributed by atoms with Crippen molar-refractivity contribution in [2.75, 3.05) is 5.73 Å². The summed E-state index contributed by atoms with van der Waals surface area (Å²) in [5.41, 5.74) is 7.06. The number of nitrogen functional groups attached to an aromatic ring is 1. The van der Waals surface area contributed by atoms with Crippen LogP contribution in [0.3, 0.4) is 0 Å². The third kappa shape index (κ3) is 2.43. The van der Waals surface area contributed by atoms with Gasteiger partial charge in [-0.25, -0.2) is 9.97 Å². The van der Waals surface area contributed by atoms with Gasteiger partial charge in [-0.2, -0.15) is 4.98 Å². The van der Waals surface area contributed by atoms with Crippen LogP contribution in [-0.2, 0) is 6.42 Å². The maximum Gasteiger partial charge on any atom is 0.233 e. The van der Waals surface area contributed by atoms with Gasteiger partial charge in [-0.1, -0.05) is 0 Å². The van der Waals surface area contributed by atoms with Gasteiger partial charge in [0, 0.05) is 12.8 Å². The molecule has 0 saturated heterocycles. The van der Waals surface area contributed by atoms with Gasteiger partial charge in [-0.3, -0.25) is 9.36 Å². The second kappa shape index (κ2) is 5.65. The Morgan fingerprint density at radius 2 is 2.00 bits per heavy atom. The van der Waals surface area contributed by atoms with Gasteiger partial charge in [0.05, 0.1) is 12.5 Å². The number of rotatable bonds is 4. The molecule has 0 bridgehead atoms. The number of aryl methyl sites for hydroxylation is 1. The molecule has 4 aromatic rings. The largest absolute Gasteiger partial charge is 0.469 e. The monoisotopic (exact) mass is 323 g/mol. The zero-order chi connectivity index (χ0) is 16.5. The zero-order valence-corrected chi connectivity index (χ0v) is 12.5. The molecule has 0 saturated carbocycles. The first-order valence-electron chi connectivity index (χ1n) is 7.32. The lowest BCUT2D eigenvalue weighted by Crippen LogP contribution is -2.11. The lowest BCUT2D eigenvalue weighted by atomic mass is 10.2. The summed E-state index contributed by atoms with van der Waals surface area (Å²) in [6.07, 6.45) is 5.30. The Balaban J connectivity index is 1.70. The van der Waals surface area contributed by atoms with Crippen molar-refractivity contribution in [3.63, 3.8) is 0 Å². The van der Waals surface area contributed by atoms with Crippen LogP contribution in [0.15, 0.2) is 52.0 Å². The van der Waals surface area contributed by atoms with Crippen LogP contribution in [0.5, 0.6) is 0 Å². The van der Waals surface area contributed by atoms with E-state index in [1.54, 1.807) is 24.5 Å². The summed E-state index contributed by atoms with van der Waals surface area (Å²) in [6.45, 7) is 0. The van der Waals surface area contributed by atoms with Crippen LogP contribution in [0.1, 0.15) is 17.0 Å². The topological polar surface area (TPSA) is 113 Å². The van der Waals surface area contributed by atoms with Crippen LogP contribution < -0.4 is 5.73 Å². The van der Waals surface area contributed by atoms with Gasteiger partial charge in [0.1, 0.15) is 23.3 Å². The van der Waals surface area contributed by atoms with E-state index in [-0.39, 0.29) is 18.3 Å². The predicted molar refractivity (Wildman–Crippen MR) is 85.1 cm³/mol. The standard InChI is InChI=1S/C16H13N5O3/c17-16-19-13(11-4-2-8-24-11)14-15(20-16)21(9-18-14)12(22)6-5-10-3-1-7-23-10/h1-4,7-9H,5-6H2,(H2,17,19,20). The number of carbonyl (C=O) groups excluding carboxylic acids is 1. The summed E-state index contributed by atoms with van der Waals surface area (Å²) in [5.74, 6) is 1.16. The second-order valence-corrected chi connectivity index (χ2v) is 5.17. The van der Waals surface area contributed by atoms with Crippen molar-refractivity contribution < 1.29 is 13.6 Å². The van der Waals surface area contributed by atoms with Crippen molar-refractivity contribution in [3.8, 4) is 11.5 Å². The Morgan fingerprint density at radius 3 is 2.75 bits per heavy atom. The SMILES string of the molecule is Nc1nc(-c2ccco2)c2ncn(C(=O)CCc3ccco3)c2n1. The van der Waals surface area contributed by atoms with Crippen molar-refractivity contribution in [2.24, 2.45) is 0 Å². The molecule has 0 unspecified atom stereocenters. The molecule has 8 heteroatoms. The molecule has 0 aromatic carbocycles. The van der Waals surface area contributed by atoms with Gasteiger partial charge in [-0.15, -0.1) is 0 Å². The van der Waals surface area contributed by atoms with Gasteiger partial charge < -0.3 is 14.6 Å². The second-order valence-electron chi connectivity index (χ2n) is 5.17. The molecule has 4 heterocycles. The van der Waals surface area contributed by atoms with E-state index < -0.39 is 0 Å². The number of imidazole rings is 1. The smallest absolute Gasteiger partial charge is 0.233 e. The molecule has 4 rings (SSSR count). The first kappa shape index (κ1) is 14.2. The number of furan rings is 2. The van der Waals surface area contributed by atoms with E-state index in [1.165, 1.54) is 17.2 Å². The Morgan fingerprint density at radius 1 is 1.17 bits per heavy atom. The minimum absolute atomic E-state index is 0.0504. The number of anilines is 1. The summed E-state index contributed by atoms with van der Waals surface area (Å²) < 4.78 is 12.0. The van der Waals surface area contributed by atoms with Crippen molar-refractivity contribution >= 4 is 23.0 Å². The van der Waals surface area contributed by atoms with Crippen LogP contribution in [0.4, 0.5) is 5.95 Å². The minimum atomic E-state index is -0.155. The van der Waals surface area contributed by atoms with E-state index in [0.29, 0.717) is 29.0 Å². The Labute approximate surface area is 135 Å². The molecule has 0 atom stereocenters. The van der Waals surface area contributed by atoms with Gasteiger partial charge in [0.25, 0.3) is 0 Å². The number of carbonyl (C=O) groups is 1. The number of nitrogens with two attached hydrogens (primary N) is 1. The fourth-order valence-electron chi connectivity index (χ4n) is 2.49. The average molecular weight is 323 g/mol. The van der Waals surface area contributed by atoms with Gasteiger partial charge in [0.15, 0.2) is 11.4 Å².